The van der Waals surface area contributed by atoms with Crippen molar-refractivity contribution < 1.29 is 38.0 Å². The smallest absolute Gasteiger partial charge is 0.308 e. The maximum atomic E-state index is 12.3. The third-order valence-electron chi connectivity index (χ3n) is 17.1. The van der Waals surface area contributed by atoms with E-state index >= 15 is 0 Å². The number of nitrogens with zero attached hydrogens (tertiary/aromatic N) is 9. The molecule has 0 bridgehead atoms. The van der Waals surface area contributed by atoms with Crippen LogP contribution in [0.25, 0.3) is 56.1 Å². The molecule has 22 heteroatoms. The van der Waals surface area contributed by atoms with Crippen molar-refractivity contribution in [2.45, 2.75) is 139 Å². The molecule has 2 aliphatic rings. The predicted molar refractivity (Wildman–Crippen MR) is 359 cm³/mol. The fraction of sp³-hybridized carbons (Fsp3) is 0.455. The first-order chi connectivity index (χ1) is 42.2. The lowest BCUT2D eigenvalue weighted by Gasteiger charge is -2.38. The number of rotatable bonds is 23. The van der Waals surface area contributed by atoms with Gasteiger partial charge in [-0.05, 0) is 107 Å². The highest BCUT2D eigenvalue weighted by Crippen LogP contribution is 2.47. The quantitative estimate of drug-likeness (QED) is 0.0274. The van der Waals surface area contributed by atoms with Crippen LogP contribution in [0, 0.1) is 0 Å². The van der Waals surface area contributed by atoms with Crippen LogP contribution in [0.2, 0.25) is 51.4 Å². The number of benzene rings is 2. The van der Waals surface area contributed by atoms with E-state index < -0.39 is 27.3 Å². The van der Waals surface area contributed by atoms with Crippen molar-refractivity contribution in [1.82, 2.24) is 39.2 Å². The average molecular weight is 1360 g/mol. The Balaban J connectivity index is 0.000000223. The molecule has 2 aliphatic carbocycles. The van der Waals surface area contributed by atoms with E-state index in [4.69, 9.17) is 54.2 Å². The van der Waals surface area contributed by atoms with Gasteiger partial charge in [0.2, 0.25) is 0 Å². The molecule has 18 nitrogen and oxygen atoms in total. The predicted octanol–water partition coefficient (Wildman–Crippen LogP) is 14.7. The second-order valence-corrected chi connectivity index (χ2v) is 38.4. The minimum atomic E-state index is -1.29. The van der Waals surface area contributed by atoms with Crippen LogP contribution in [0.4, 0.5) is 11.6 Å². The van der Waals surface area contributed by atoms with Gasteiger partial charge in [0.1, 0.15) is 19.3 Å². The lowest BCUT2D eigenvalue weighted by atomic mass is 9.75. The third kappa shape index (κ3) is 16.0. The van der Waals surface area contributed by atoms with Crippen molar-refractivity contribution >= 4 is 82.9 Å². The SMILES string of the molecule is COC(=O)CC1(OC)CCC(c2nc3c(-c4ccc(-c5ccccc5)nc4)cnn3c(N(COCC[Si](C)(C)C)COCC[Si](C)(C)C)c2Br)CC1.COC(=O)CC1(OC)CCC(c2nc3c(-c4ccc(-c5ccccc5)nc4)cnn3c(N)c2Br)CC1. The number of methoxy groups -OCH3 is 4. The number of carbonyl (C=O) groups excluding carboxylic acids is 2. The number of nitrogen functional groups attached to an aromatic ring is 1. The van der Waals surface area contributed by atoms with Gasteiger partial charge in [0.25, 0.3) is 0 Å². The number of hydrogen-bond acceptors (Lipinski definition) is 16. The number of aromatic nitrogens is 8. The van der Waals surface area contributed by atoms with Crippen molar-refractivity contribution in [3.63, 3.8) is 0 Å². The molecule has 0 saturated heterocycles. The van der Waals surface area contributed by atoms with Crippen LogP contribution in [-0.2, 0) is 38.0 Å². The zero-order valence-electron chi connectivity index (χ0n) is 52.5. The number of esters is 2. The summed E-state index contributed by atoms with van der Waals surface area (Å²) in [5.74, 6) is 1.15. The molecule has 2 saturated carbocycles. The lowest BCUT2D eigenvalue weighted by molar-refractivity contribution is -0.151. The molecule has 6 aromatic heterocycles. The lowest BCUT2D eigenvalue weighted by Crippen LogP contribution is -2.38. The first-order valence-corrected chi connectivity index (χ1v) is 39.2. The molecule has 2 aromatic carbocycles. The monoisotopic (exact) mass is 1360 g/mol. The van der Waals surface area contributed by atoms with E-state index in [0.29, 0.717) is 38.1 Å². The van der Waals surface area contributed by atoms with Gasteiger partial charge in [-0.15, -0.1) is 0 Å². The summed E-state index contributed by atoms with van der Waals surface area (Å²) >= 11 is 7.71. The van der Waals surface area contributed by atoms with Crippen LogP contribution in [0.1, 0.15) is 87.4 Å². The largest absolute Gasteiger partial charge is 0.469 e. The van der Waals surface area contributed by atoms with E-state index in [1.54, 1.807) is 24.9 Å². The summed E-state index contributed by atoms with van der Waals surface area (Å²) in [6, 6.07) is 30.6. The van der Waals surface area contributed by atoms with Gasteiger partial charge in [-0.3, -0.25) is 19.6 Å². The van der Waals surface area contributed by atoms with Gasteiger partial charge in [0.05, 0.1) is 82.4 Å². The Hall–Kier alpha value is -6.25. The molecule has 10 rings (SSSR count). The third-order valence-corrected chi connectivity index (χ3v) is 22.1. The fourth-order valence-electron chi connectivity index (χ4n) is 11.6. The molecule has 6 heterocycles. The van der Waals surface area contributed by atoms with Crippen molar-refractivity contribution in [1.29, 1.82) is 0 Å². The molecule has 0 amide bonds. The maximum absolute atomic E-state index is 12.3. The zero-order valence-corrected chi connectivity index (χ0v) is 57.7. The Morgan fingerprint density at radius 2 is 0.977 bits per heavy atom. The normalized spacial score (nSPS) is 18.9. The highest BCUT2D eigenvalue weighted by atomic mass is 79.9. The molecule has 0 aliphatic heterocycles. The van der Waals surface area contributed by atoms with E-state index in [2.05, 4.69) is 104 Å². The van der Waals surface area contributed by atoms with Gasteiger partial charge < -0.3 is 39.1 Å². The minimum absolute atomic E-state index is 0.128. The Kier molecular flexibility index (Phi) is 21.9. The van der Waals surface area contributed by atoms with Crippen LogP contribution in [-0.4, -0.2) is 134 Å². The summed E-state index contributed by atoms with van der Waals surface area (Å²) < 4.78 is 39.6. The molecule has 0 spiro atoms. The second-order valence-electron chi connectivity index (χ2n) is 25.6. The topological polar surface area (TPSA) is 205 Å². The molecule has 0 unspecified atom stereocenters. The zero-order chi connectivity index (χ0) is 62.8. The minimum Gasteiger partial charge on any atom is -0.469 e. The number of hydrogen-bond donors (Lipinski definition) is 1. The van der Waals surface area contributed by atoms with Gasteiger partial charge in [0.15, 0.2) is 17.1 Å². The molecule has 88 heavy (non-hydrogen) atoms. The van der Waals surface area contributed by atoms with Gasteiger partial charge >= 0.3 is 11.9 Å². The summed E-state index contributed by atoms with van der Waals surface area (Å²) in [5, 5.41) is 9.44. The van der Waals surface area contributed by atoms with Crippen LogP contribution >= 0.6 is 31.9 Å². The van der Waals surface area contributed by atoms with Crippen molar-refractivity contribution in [2.75, 3.05) is 65.7 Å². The molecule has 0 atom stereocenters. The summed E-state index contributed by atoms with van der Waals surface area (Å²) in [6.07, 6.45) is 14.1. The molecular formula is C66H84Br2N10O8Si2. The molecule has 0 radical (unpaired) electrons. The molecular weight excluding hydrogens is 1280 g/mol. The highest BCUT2D eigenvalue weighted by Gasteiger charge is 2.41. The average Bonchev–Trinajstić information content (AvgIpc) is 2.27. The van der Waals surface area contributed by atoms with Gasteiger partial charge in [-0.1, -0.05) is 112 Å². The first-order valence-electron chi connectivity index (χ1n) is 30.2. The van der Waals surface area contributed by atoms with Crippen LogP contribution < -0.4 is 10.6 Å². The van der Waals surface area contributed by atoms with Gasteiger partial charge in [0, 0.05) is 101 Å². The highest BCUT2D eigenvalue weighted by molar-refractivity contribution is 9.11. The summed E-state index contributed by atoms with van der Waals surface area (Å²) in [4.78, 5) is 46.3. The van der Waals surface area contributed by atoms with Crippen LogP contribution in [0.3, 0.4) is 0 Å². The first kappa shape index (κ1) is 66.2. The number of pyridine rings is 2. The van der Waals surface area contributed by atoms with E-state index in [9.17, 15) is 9.59 Å². The summed E-state index contributed by atoms with van der Waals surface area (Å²) in [6.45, 7) is 16.3. The standard InChI is InChI=1S/C39H56BrN5O5Si2.C27H28BrN5O3/c1-47-34(46)24-39(48-2)18-16-30(17-19-39)36-35(40)38(44(27-49-20-22-51(3,4)5)28-50-21-23-52(6,7)8)45-37(43-36)32(26-42-45)31-14-15-33(41-25-31)29-12-10-9-11-13-29;1-35-22(34)14-27(36-2)12-10-18(11-13-27)24-23(28)25(29)33-26(32-24)20(16-31-33)19-8-9-21(30-15-19)17-6-4-3-5-7-17/h9-15,25-26,30H,16-24,27-28H2,1-8H3;3-9,15-16,18H,10-14,29H2,1-2H3. The maximum Gasteiger partial charge on any atom is 0.308 e. The number of carbonyl (C=O) groups is 2. The number of halogens is 2. The van der Waals surface area contributed by atoms with E-state index in [0.717, 1.165) is 140 Å². The Morgan fingerprint density at radius 3 is 1.36 bits per heavy atom. The molecule has 8 aromatic rings. The number of ether oxygens (including phenoxy) is 6. The van der Waals surface area contributed by atoms with Gasteiger partial charge in [-0.25, -0.2) is 9.97 Å². The molecule has 468 valence electrons. The van der Waals surface area contributed by atoms with E-state index in [1.165, 1.54) is 14.2 Å². The summed E-state index contributed by atoms with van der Waals surface area (Å²) in [5.41, 5.74) is 16.3. The van der Waals surface area contributed by atoms with Crippen molar-refractivity contribution in [3.05, 3.63) is 130 Å². The number of anilines is 2. The Labute approximate surface area is 535 Å². The van der Waals surface area contributed by atoms with E-state index in [1.807, 2.05) is 89.8 Å². The summed E-state index contributed by atoms with van der Waals surface area (Å²) in [7, 11) is 3.62. The van der Waals surface area contributed by atoms with Crippen molar-refractivity contribution in [2.24, 2.45) is 0 Å². The van der Waals surface area contributed by atoms with Gasteiger partial charge in [-0.2, -0.15) is 19.2 Å². The Bertz CT molecular complexity index is 3600. The van der Waals surface area contributed by atoms with Crippen LogP contribution in [0.5, 0.6) is 0 Å². The number of nitrogens with two attached hydrogens (primary N) is 1. The van der Waals surface area contributed by atoms with Crippen LogP contribution in [0.15, 0.2) is 119 Å². The second kappa shape index (κ2) is 29.1. The van der Waals surface area contributed by atoms with Crippen molar-refractivity contribution in [3.8, 4) is 44.8 Å². The Morgan fingerprint density at radius 1 is 0.568 bits per heavy atom. The molecule has 2 fully saturated rings. The number of fused-ring (bicyclic) bond motifs is 2. The fourth-order valence-corrected chi connectivity index (χ4v) is 14.5. The van der Waals surface area contributed by atoms with E-state index in [-0.39, 0.29) is 36.6 Å². The molecule has 2 N–H and O–H groups in total.